The molecule has 0 aliphatic heterocycles. The largest absolute Gasteiger partial charge is 0.361 e. The summed E-state index contributed by atoms with van der Waals surface area (Å²) in [5, 5.41) is 1.18. The van der Waals surface area contributed by atoms with E-state index in [1.54, 1.807) is 17.2 Å². The van der Waals surface area contributed by atoms with Gasteiger partial charge in [0.2, 0.25) is 5.91 Å². The van der Waals surface area contributed by atoms with Crippen molar-refractivity contribution >= 4 is 44.8 Å². The molecule has 1 unspecified atom stereocenters. The van der Waals surface area contributed by atoms with Crippen molar-refractivity contribution in [1.29, 1.82) is 0 Å². The molecule has 0 bridgehead atoms. The van der Waals surface area contributed by atoms with E-state index in [0.29, 0.717) is 6.54 Å². The molecule has 1 N–H and O–H groups in total. The van der Waals surface area contributed by atoms with Gasteiger partial charge < -0.3 is 9.88 Å². The van der Waals surface area contributed by atoms with Crippen molar-refractivity contribution in [3.05, 3.63) is 107 Å². The van der Waals surface area contributed by atoms with Crippen molar-refractivity contribution in [2.24, 2.45) is 0 Å². The summed E-state index contributed by atoms with van der Waals surface area (Å²) in [5.41, 5.74) is 7.74. The number of aromatic amines is 1. The summed E-state index contributed by atoms with van der Waals surface area (Å²) in [5.74, 6) is -0.319. The standard InChI is InChI=1S/C31H29FN2O2S/c1-20-27(16-21-8-11-24(12-9-21)37(3)36)26-13-10-23(32)17-29(26)28(20)18-31(35)34(2)15-14-22-19-33-30-7-5-4-6-25(22)30/h4-13,16-17,19,33H,14-15,18H2,1-3H3. The second-order valence-corrected chi connectivity index (χ2v) is 10.9. The second kappa shape index (κ2) is 10.3. The zero-order chi connectivity index (χ0) is 26.1. The summed E-state index contributed by atoms with van der Waals surface area (Å²) in [6.45, 7) is 2.59. The molecule has 188 valence electrons. The number of nitrogens with one attached hydrogen (secondary N) is 1. The van der Waals surface area contributed by atoms with Crippen LogP contribution in [0.4, 0.5) is 4.39 Å². The lowest BCUT2D eigenvalue weighted by atomic mass is 10.0. The Morgan fingerprint density at radius 1 is 1.05 bits per heavy atom. The Kier molecular flexibility index (Phi) is 6.94. The fourth-order valence-electron chi connectivity index (χ4n) is 4.94. The van der Waals surface area contributed by atoms with Crippen LogP contribution in [0.1, 0.15) is 35.6 Å². The number of carbonyl (C=O) groups excluding carboxylic acids is 1. The number of fused-ring (bicyclic) bond motifs is 2. The Balaban J connectivity index is 1.38. The molecule has 6 heteroatoms. The highest BCUT2D eigenvalue weighted by atomic mass is 32.2. The van der Waals surface area contributed by atoms with Gasteiger partial charge in [-0.25, -0.2) is 4.39 Å². The number of hydrogen-bond acceptors (Lipinski definition) is 2. The first-order chi connectivity index (χ1) is 17.8. The Hall–Kier alpha value is -3.77. The van der Waals surface area contributed by atoms with E-state index >= 15 is 0 Å². The summed E-state index contributed by atoms with van der Waals surface area (Å²) in [4.78, 5) is 19.1. The van der Waals surface area contributed by atoms with Crippen molar-refractivity contribution < 1.29 is 13.4 Å². The zero-order valence-corrected chi connectivity index (χ0v) is 22.0. The topological polar surface area (TPSA) is 53.2 Å². The monoisotopic (exact) mass is 512 g/mol. The number of likely N-dealkylation sites (N-methyl/N-ethyl adjacent to an activating group) is 1. The quantitative estimate of drug-likeness (QED) is 0.309. The fourth-order valence-corrected chi connectivity index (χ4v) is 5.46. The van der Waals surface area contributed by atoms with E-state index in [0.717, 1.165) is 50.2 Å². The maximum Gasteiger partial charge on any atom is 0.226 e. The van der Waals surface area contributed by atoms with Crippen LogP contribution in [0.15, 0.2) is 83.4 Å². The van der Waals surface area contributed by atoms with E-state index < -0.39 is 10.8 Å². The van der Waals surface area contributed by atoms with Crippen LogP contribution in [-0.4, -0.2) is 39.8 Å². The maximum atomic E-state index is 14.3. The summed E-state index contributed by atoms with van der Waals surface area (Å²) in [7, 11) is 0.785. The Labute approximate surface area is 219 Å². The molecule has 37 heavy (non-hydrogen) atoms. The minimum atomic E-state index is -1.04. The molecule has 0 radical (unpaired) electrons. The molecule has 0 fully saturated rings. The summed E-state index contributed by atoms with van der Waals surface area (Å²) in [6, 6.07) is 20.5. The molecule has 5 rings (SSSR count). The number of nitrogens with zero attached hydrogens (tertiary/aromatic N) is 1. The minimum Gasteiger partial charge on any atom is -0.361 e. The number of H-pyrrole nitrogens is 1. The molecule has 1 atom stereocenters. The van der Waals surface area contributed by atoms with Gasteiger partial charge in [0.25, 0.3) is 0 Å². The number of rotatable bonds is 7. The average Bonchev–Trinajstić information content (AvgIpc) is 3.42. The number of allylic oxidation sites excluding steroid dienone is 2. The fraction of sp³-hybridized carbons (Fsp3) is 0.194. The molecule has 1 aliphatic rings. The van der Waals surface area contributed by atoms with Crippen LogP contribution in [0, 0.1) is 5.82 Å². The molecule has 3 aromatic carbocycles. The molecule has 1 aromatic heterocycles. The molecule has 1 heterocycles. The van der Waals surface area contributed by atoms with Gasteiger partial charge in [0, 0.05) is 52.6 Å². The highest BCUT2D eigenvalue weighted by Crippen LogP contribution is 2.44. The van der Waals surface area contributed by atoms with Gasteiger partial charge in [0.05, 0.1) is 6.42 Å². The van der Waals surface area contributed by atoms with Crippen LogP contribution in [0.2, 0.25) is 0 Å². The minimum absolute atomic E-state index is 0.000399. The van der Waals surface area contributed by atoms with Crippen molar-refractivity contribution in [2.75, 3.05) is 19.8 Å². The third kappa shape index (κ3) is 5.07. The van der Waals surface area contributed by atoms with Gasteiger partial charge >= 0.3 is 0 Å². The highest BCUT2D eigenvalue weighted by Gasteiger charge is 2.26. The number of carbonyl (C=O) groups is 1. The lowest BCUT2D eigenvalue weighted by molar-refractivity contribution is -0.128. The van der Waals surface area contributed by atoms with Gasteiger partial charge in [-0.3, -0.25) is 9.00 Å². The molecule has 1 aliphatic carbocycles. The number of hydrogen-bond donors (Lipinski definition) is 1. The van der Waals surface area contributed by atoms with Crippen LogP contribution in [0.3, 0.4) is 0 Å². The first-order valence-corrected chi connectivity index (χ1v) is 13.8. The predicted molar refractivity (Wildman–Crippen MR) is 150 cm³/mol. The second-order valence-electron chi connectivity index (χ2n) is 9.48. The highest BCUT2D eigenvalue weighted by molar-refractivity contribution is 7.84. The Morgan fingerprint density at radius 2 is 1.81 bits per heavy atom. The molecule has 4 aromatic rings. The third-order valence-electron chi connectivity index (χ3n) is 7.12. The molecule has 0 saturated heterocycles. The van der Waals surface area contributed by atoms with Crippen LogP contribution in [0.25, 0.3) is 28.1 Å². The van der Waals surface area contributed by atoms with Crippen LogP contribution < -0.4 is 0 Å². The number of aromatic nitrogens is 1. The van der Waals surface area contributed by atoms with Crippen molar-refractivity contribution in [1.82, 2.24) is 9.88 Å². The van der Waals surface area contributed by atoms with Gasteiger partial charge in [0.15, 0.2) is 0 Å². The smallest absolute Gasteiger partial charge is 0.226 e. The number of amides is 1. The van der Waals surface area contributed by atoms with Gasteiger partial charge in [0.1, 0.15) is 5.82 Å². The van der Waals surface area contributed by atoms with E-state index in [-0.39, 0.29) is 18.1 Å². The molecule has 1 amide bonds. The number of para-hydroxylation sites is 1. The van der Waals surface area contributed by atoms with Crippen molar-refractivity contribution in [3.8, 4) is 0 Å². The molecular weight excluding hydrogens is 483 g/mol. The predicted octanol–water partition coefficient (Wildman–Crippen LogP) is 6.46. The van der Waals surface area contributed by atoms with E-state index in [2.05, 4.69) is 11.1 Å². The van der Waals surface area contributed by atoms with Crippen LogP contribution in [0.5, 0.6) is 0 Å². The lowest BCUT2D eigenvalue weighted by Crippen LogP contribution is -2.28. The molecule has 0 saturated carbocycles. The summed E-state index contributed by atoms with van der Waals surface area (Å²) in [6.07, 6.45) is 6.67. The van der Waals surface area contributed by atoms with Gasteiger partial charge in [-0.1, -0.05) is 36.4 Å². The van der Waals surface area contributed by atoms with E-state index in [9.17, 15) is 13.4 Å². The van der Waals surface area contributed by atoms with E-state index in [1.165, 1.54) is 23.1 Å². The van der Waals surface area contributed by atoms with E-state index in [1.807, 2.05) is 68.7 Å². The average molecular weight is 513 g/mol. The summed E-state index contributed by atoms with van der Waals surface area (Å²) < 4.78 is 26.0. The SMILES string of the molecule is CC1=C(CC(=O)N(C)CCc2c[nH]c3ccccc23)c2cc(F)ccc2C1=Cc1ccc(S(C)=O)cc1. The van der Waals surface area contributed by atoms with Gasteiger partial charge in [-0.15, -0.1) is 0 Å². The first-order valence-electron chi connectivity index (χ1n) is 12.3. The van der Waals surface area contributed by atoms with Crippen LogP contribution >= 0.6 is 0 Å². The number of halogens is 1. The van der Waals surface area contributed by atoms with Gasteiger partial charge in [-0.2, -0.15) is 0 Å². The summed E-state index contributed by atoms with van der Waals surface area (Å²) >= 11 is 0. The Morgan fingerprint density at radius 3 is 2.57 bits per heavy atom. The Bertz CT molecular complexity index is 1580. The lowest BCUT2D eigenvalue weighted by Gasteiger charge is -2.18. The molecular formula is C31H29FN2O2S. The normalized spacial score (nSPS) is 14.9. The number of benzene rings is 3. The third-order valence-corrected chi connectivity index (χ3v) is 8.06. The zero-order valence-electron chi connectivity index (χ0n) is 21.2. The molecule has 0 spiro atoms. The van der Waals surface area contributed by atoms with E-state index in [4.69, 9.17) is 0 Å². The van der Waals surface area contributed by atoms with Gasteiger partial charge in [-0.05, 0) is 88.7 Å². The van der Waals surface area contributed by atoms with Crippen molar-refractivity contribution in [3.63, 3.8) is 0 Å². The molecule has 4 nitrogen and oxygen atoms in total. The first kappa shape index (κ1) is 24.9. The maximum absolute atomic E-state index is 14.3. The van der Waals surface area contributed by atoms with Crippen LogP contribution in [-0.2, 0) is 22.0 Å². The van der Waals surface area contributed by atoms with Crippen molar-refractivity contribution in [2.45, 2.75) is 24.7 Å².